The summed E-state index contributed by atoms with van der Waals surface area (Å²) >= 11 is 0. The van der Waals surface area contributed by atoms with E-state index >= 15 is 0 Å². The van der Waals surface area contributed by atoms with Gasteiger partial charge in [-0.2, -0.15) is 0 Å². The Hall–Kier alpha value is -3.55. The van der Waals surface area contributed by atoms with Crippen molar-refractivity contribution < 1.29 is 0 Å². The minimum absolute atomic E-state index is 0.387. The molecule has 0 saturated carbocycles. The number of hydrogen-bond acceptors (Lipinski definition) is 6. The second kappa shape index (κ2) is 11.5. The lowest BCUT2D eigenvalue weighted by atomic mass is 10.0. The number of benzene rings is 2. The molecule has 1 aliphatic heterocycles. The van der Waals surface area contributed by atoms with Gasteiger partial charge in [-0.1, -0.05) is 35.9 Å². The van der Waals surface area contributed by atoms with Gasteiger partial charge in [0.05, 0.1) is 23.4 Å². The topological polar surface area (TPSA) is 62.1 Å². The zero-order valence-corrected chi connectivity index (χ0v) is 23.3. The van der Waals surface area contributed by atoms with Gasteiger partial charge in [0.2, 0.25) is 5.95 Å². The molecule has 7 heteroatoms. The van der Waals surface area contributed by atoms with E-state index in [9.17, 15) is 0 Å². The Kier molecular flexibility index (Phi) is 7.86. The van der Waals surface area contributed by atoms with Gasteiger partial charge in [-0.15, -0.1) is 0 Å². The van der Waals surface area contributed by atoms with Crippen molar-refractivity contribution >= 4 is 11.6 Å². The smallest absolute Gasteiger partial charge is 0.227 e. The van der Waals surface area contributed by atoms with Gasteiger partial charge < -0.3 is 19.7 Å². The molecular formula is C31H39N7. The largest absolute Gasteiger partial charge is 0.326 e. The summed E-state index contributed by atoms with van der Waals surface area (Å²) in [5, 5.41) is 3.42. The van der Waals surface area contributed by atoms with Crippen LogP contribution in [0, 0.1) is 20.8 Å². The summed E-state index contributed by atoms with van der Waals surface area (Å²) in [6, 6.07) is 17.4. The lowest BCUT2D eigenvalue weighted by Crippen LogP contribution is -2.38. The van der Waals surface area contributed by atoms with Crippen LogP contribution in [0.15, 0.2) is 61.1 Å². The number of hydrogen-bond donors (Lipinski definition) is 1. The lowest BCUT2D eigenvalue weighted by Gasteiger charge is -2.33. The highest BCUT2D eigenvalue weighted by Crippen LogP contribution is 2.35. The highest BCUT2D eigenvalue weighted by atomic mass is 15.2. The van der Waals surface area contributed by atoms with Gasteiger partial charge in [-0.05, 0) is 77.0 Å². The fourth-order valence-electron chi connectivity index (χ4n) is 5.30. The van der Waals surface area contributed by atoms with E-state index in [0.717, 1.165) is 67.4 Å². The van der Waals surface area contributed by atoms with Crippen molar-refractivity contribution in [3.63, 3.8) is 0 Å². The summed E-state index contributed by atoms with van der Waals surface area (Å²) in [4.78, 5) is 19.3. The van der Waals surface area contributed by atoms with E-state index < -0.39 is 0 Å². The maximum Gasteiger partial charge on any atom is 0.227 e. The van der Waals surface area contributed by atoms with Crippen LogP contribution in [-0.2, 0) is 0 Å². The molecule has 2 aromatic heterocycles. The first-order chi connectivity index (χ1) is 18.4. The molecule has 3 heterocycles. The van der Waals surface area contributed by atoms with Crippen molar-refractivity contribution in [2.75, 3.05) is 45.6 Å². The van der Waals surface area contributed by atoms with Crippen molar-refractivity contribution in [1.82, 2.24) is 29.3 Å². The lowest BCUT2D eigenvalue weighted by molar-refractivity contribution is 0.173. The molecule has 0 bridgehead atoms. The molecule has 2 aromatic carbocycles. The predicted octanol–water partition coefficient (Wildman–Crippen LogP) is 5.87. The average molecular weight is 510 g/mol. The van der Waals surface area contributed by atoms with Gasteiger partial charge >= 0.3 is 0 Å². The summed E-state index contributed by atoms with van der Waals surface area (Å²) in [6.45, 7) is 10.7. The average Bonchev–Trinajstić information content (AvgIpc) is 3.33. The number of imidazole rings is 1. The highest BCUT2D eigenvalue weighted by molar-refractivity contribution is 5.77. The maximum atomic E-state index is 4.99. The molecule has 4 aromatic rings. The molecule has 1 saturated heterocycles. The molecule has 7 nitrogen and oxygen atoms in total. The van der Waals surface area contributed by atoms with Crippen LogP contribution in [0.2, 0.25) is 0 Å². The fraction of sp³-hybridized carbons (Fsp3) is 0.387. The van der Waals surface area contributed by atoms with Gasteiger partial charge in [-0.3, -0.25) is 0 Å². The van der Waals surface area contributed by atoms with Crippen LogP contribution in [0.4, 0.5) is 11.6 Å². The normalized spacial score (nSPS) is 14.8. The summed E-state index contributed by atoms with van der Waals surface area (Å²) in [7, 11) is 4.28. The van der Waals surface area contributed by atoms with Gasteiger partial charge in [0.15, 0.2) is 0 Å². The quantitative estimate of drug-likeness (QED) is 0.320. The Morgan fingerprint density at radius 2 is 1.61 bits per heavy atom. The third-order valence-corrected chi connectivity index (χ3v) is 7.31. The van der Waals surface area contributed by atoms with Gasteiger partial charge in [0.1, 0.15) is 0 Å². The van der Waals surface area contributed by atoms with Crippen molar-refractivity contribution in [2.24, 2.45) is 0 Å². The minimum atomic E-state index is 0.387. The number of piperidine rings is 1. The van der Waals surface area contributed by atoms with E-state index in [1.165, 1.54) is 16.7 Å². The molecule has 38 heavy (non-hydrogen) atoms. The monoisotopic (exact) mass is 509 g/mol. The molecule has 0 atom stereocenters. The third kappa shape index (κ3) is 6.11. The molecular weight excluding hydrogens is 470 g/mol. The van der Waals surface area contributed by atoms with E-state index in [0.29, 0.717) is 12.0 Å². The fourth-order valence-corrected chi connectivity index (χ4v) is 5.30. The summed E-state index contributed by atoms with van der Waals surface area (Å²) < 4.78 is 2.36. The number of anilines is 2. The Morgan fingerprint density at radius 1 is 0.895 bits per heavy atom. The van der Waals surface area contributed by atoms with E-state index in [2.05, 4.69) is 102 Å². The Bertz CT molecular complexity index is 1350. The summed E-state index contributed by atoms with van der Waals surface area (Å²) in [5.74, 6) is 0.591. The molecule has 1 fully saturated rings. The molecule has 0 spiro atoms. The van der Waals surface area contributed by atoms with Gasteiger partial charge in [0, 0.05) is 49.7 Å². The second-order valence-electron chi connectivity index (χ2n) is 10.9. The van der Waals surface area contributed by atoms with Crippen LogP contribution < -0.4 is 5.32 Å². The van der Waals surface area contributed by atoms with Gasteiger partial charge in [0.25, 0.3) is 0 Å². The zero-order valence-electron chi connectivity index (χ0n) is 23.3. The number of likely N-dealkylation sites (tertiary alicyclic amines) is 1. The van der Waals surface area contributed by atoms with E-state index in [4.69, 9.17) is 9.97 Å². The number of aromatic nitrogens is 4. The summed E-state index contributed by atoms with van der Waals surface area (Å²) in [6.07, 6.45) is 6.06. The van der Waals surface area contributed by atoms with Crippen LogP contribution >= 0.6 is 0 Å². The number of nitrogens with one attached hydrogen (secondary N) is 1. The number of nitrogens with zero attached hydrogens (tertiary/aromatic N) is 6. The van der Waals surface area contributed by atoms with Crippen LogP contribution in [0.1, 0.15) is 35.6 Å². The molecule has 0 amide bonds. The molecule has 0 radical (unpaired) electrons. The van der Waals surface area contributed by atoms with E-state index in [1.54, 1.807) is 0 Å². The van der Waals surface area contributed by atoms with Crippen LogP contribution in [0.5, 0.6) is 0 Å². The van der Waals surface area contributed by atoms with E-state index in [-0.39, 0.29) is 0 Å². The van der Waals surface area contributed by atoms with Crippen LogP contribution in [0.3, 0.4) is 0 Å². The SMILES string of the molecule is Cc1ccc(-c2ncn(C3CCN(CCN(C)C)CC3)c2-c2ccnc(Nc3cc(C)cc(C)c3)n2)cc1. The highest BCUT2D eigenvalue weighted by Gasteiger charge is 2.26. The maximum absolute atomic E-state index is 4.99. The zero-order chi connectivity index (χ0) is 26.6. The second-order valence-corrected chi connectivity index (χ2v) is 10.9. The molecule has 198 valence electrons. The first-order valence-electron chi connectivity index (χ1n) is 13.6. The molecule has 5 rings (SSSR count). The predicted molar refractivity (Wildman–Crippen MR) is 156 cm³/mol. The standard InChI is InChI=1S/C31H39N7/c1-22-6-8-25(9-7-22)29-30(38(21-33-29)27-11-14-37(15-12-27)17-16-36(4)5)28-10-13-32-31(35-28)34-26-19-23(2)18-24(3)20-26/h6-10,13,18-21,27H,11-12,14-17H2,1-5H3,(H,32,34,35). The minimum Gasteiger partial charge on any atom is -0.326 e. The Balaban J connectivity index is 1.48. The first-order valence-corrected chi connectivity index (χ1v) is 13.6. The first kappa shape index (κ1) is 26.1. The Labute approximate surface area is 226 Å². The number of aryl methyl sites for hydroxylation is 3. The number of rotatable bonds is 8. The number of likely N-dealkylation sites (N-methyl/N-ethyl adjacent to an activating group) is 1. The van der Waals surface area contributed by atoms with Crippen molar-refractivity contribution in [1.29, 1.82) is 0 Å². The van der Waals surface area contributed by atoms with Gasteiger partial charge in [-0.25, -0.2) is 15.0 Å². The Morgan fingerprint density at radius 3 is 2.29 bits per heavy atom. The molecule has 0 unspecified atom stereocenters. The third-order valence-electron chi connectivity index (χ3n) is 7.31. The van der Waals surface area contributed by atoms with Crippen LogP contribution in [-0.4, -0.2) is 69.6 Å². The summed E-state index contributed by atoms with van der Waals surface area (Å²) in [5.41, 5.74) is 8.67. The van der Waals surface area contributed by atoms with Crippen molar-refractivity contribution in [2.45, 2.75) is 39.7 Å². The van der Waals surface area contributed by atoms with Crippen LogP contribution in [0.25, 0.3) is 22.6 Å². The van der Waals surface area contributed by atoms with Crippen molar-refractivity contribution in [3.05, 3.63) is 77.7 Å². The molecule has 1 aliphatic rings. The van der Waals surface area contributed by atoms with E-state index in [1.807, 2.05) is 18.6 Å². The van der Waals surface area contributed by atoms with Crippen molar-refractivity contribution in [3.8, 4) is 22.6 Å². The molecule has 1 N–H and O–H groups in total. The molecule has 0 aliphatic carbocycles.